The third-order valence-electron chi connectivity index (χ3n) is 2.98. The first-order chi connectivity index (χ1) is 8.58. The molecule has 0 bridgehead atoms. The molecule has 0 aliphatic heterocycles. The molecule has 0 amide bonds. The lowest BCUT2D eigenvalue weighted by molar-refractivity contribution is 0.0926. The summed E-state index contributed by atoms with van der Waals surface area (Å²) in [5.74, 6) is -0.281. The van der Waals surface area contributed by atoms with Crippen molar-refractivity contribution in [3.05, 3.63) is 53.9 Å². The van der Waals surface area contributed by atoms with Gasteiger partial charge in [0, 0.05) is 13.2 Å². The van der Waals surface area contributed by atoms with Gasteiger partial charge in [-0.3, -0.25) is 9.48 Å². The molecule has 0 saturated heterocycles. The minimum Gasteiger partial charge on any atom is -0.290 e. The Labute approximate surface area is 105 Å². The predicted molar refractivity (Wildman–Crippen MR) is 66.9 cm³/mol. The molecule has 0 aliphatic rings. The molecule has 0 spiro atoms. The fourth-order valence-electron chi connectivity index (χ4n) is 1.81. The van der Waals surface area contributed by atoms with E-state index in [0.717, 1.165) is 0 Å². The largest absolute Gasteiger partial charge is 0.290 e. The fourth-order valence-corrected chi connectivity index (χ4v) is 1.81. The van der Waals surface area contributed by atoms with Crippen molar-refractivity contribution in [3.63, 3.8) is 0 Å². The molecule has 0 N–H and O–H groups in total. The maximum Gasteiger partial charge on any atom is 0.207 e. The van der Waals surface area contributed by atoms with E-state index in [2.05, 4.69) is 11.2 Å². The number of nitrogens with zero attached hydrogens (tertiary/aromatic N) is 3. The highest BCUT2D eigenvalue weighted by Crippen LogP contribution is 2.26. The molecule has 90 valence electrons. The predicted octanol–water partition coefficient (Wildman–Crippen LogP) is 2.08. The maximum atomic E-state index is 12.4. The Balaban J connectivity index is 2.46. The van der Waals surface area contributed by atoms with Gasteiger partial charge >= 0.3 is 0 Å². The summed E-state index contributed by atoms with van der Waals surface area (Å²) in [7, 11) is 1.74. The third-order valence-corrected chi connectivity index (χ3v) is 2.98. The summed E-state index contributed by atoms with van der Waals surface area (Å²) in [5.41, 5.74) is -0.205. The molecule has 4 nitrogen and oxygen atoms in total. The Morgan fingerprint density at radius 3 is 2.50 bits per heavy atom. The molecule has 4 heteroatoms. The molecule has 1 heterocycles. The van der Waals surface area contributed by atoms with Gasteiger partial charge in [0.05, 0.1) is 6.07 Å². The van der Waals surface area contributed by atoms with E-state index >= 15 is 0 Å². The van der Waals surface area contributed by atoms with Crippen LogP contribution in [-0.2, 0) is 12.5 Å². The number of hydrogen-bond acceptors (Lipinski definition) is 3. The van der Waals surface area contributed by atoms with Crippen LogP contribution in [0, 0.1) is 11.3 Å². The monoisotopic (exact) mass is 239 g/mol. The van der Waals surface area contributed by atoms with Gasteiger partial charge in [0.1, 0.15) is 11.1 Å². The summed E-state index contributed by atoms with van der Waals surface area (Å²) in [4.78, 5) is 12.4. The first kappa shape index (κ1) is 12.1. The van der Waals surface area contributed by atoms with Crippen molar-refractivity contribution >= 4 is 5.78 Å². The average molecular weight is 239 g/mol. The number of hydrogen-bond donors (Lipinski definition) is 0. The molecule has 1 atom stereocenters. The molecular weight excluding hydrogens is 226 g/mol. The number of aryl methyl sites for hydroxylation is 1. The Hall–Kier alpha value is -2.41. The molecule has 1 unspecified atom stereocenters. The van der Waals surface area contributed by atoms with Crippen molar-refractivity contribution in [1.29, 1.82) is 5.26 Å². The number of Topliss-reactive ketones (excluding diaryl/α,β-unsaturated/α-hetero) is 1. The highest BCUT2D eigenvalue weighted by atomic mass is 16.1. The van der Waals surface area contributed by atoms with Gasteiger partial charge in [0.25, 0.3) is 0 Å². The van der Waals surface area contributed by atoms with E-state index in [1.54, 1.807) is 43.0 Å². The van der Waals surface area contributed by atoms with E-state index in [0.29, 0.717) is 11.3 Å². The second kappa shape index (κ2) is 4.46. The Bertz CT molecular complexity index is 609. The smallest absolute Gasteiger partial charge is 0.207 e. The van der Waals surface area contributed by atoms with Gasteiger partial charge in [-0.2, -0.15) is 10.4 Å². The van der Waals surface area contributed by atoms with Gasteiger partial charge in [-0.15, -0.1) is 0 Å². The van der Waals surface area contributed by atoms with Crippen LogP contribution >= 0.6 is 0 Å². The standard InChI is InChI=1S/C14H13N3O/c1-14(10-15,11-6-4-3-5-7-11)13(18)12-8-9-17(2)16-12/h3-9H,1-2H3. The first-order valence-corrected chi connectivity index (χ1v) is 5.59. The van der Waals surface area contributed by atoms with Crippen molar-refractivity contribution in [2.24, 2.45) is 7.05 Å². The summed E-state index contributed by atoms with van der Waals surface area (Å²) in [6.07, 6.45) is 1.69. The normalized spacial score (nSPS) is 13.6. The number of nitriles is 1. The van der Waals surface area contributed by atoms with Gasteiger partial charge in [-0.1, -0.05) is 30.3 Å². The Morgan fingerprint density at radius 2 is 2.00 bits per heavy atom. The van der Waals surface area contributed by atoms with Crippen molar-refractivity contribution < 1.29 is 4.79 Å². The van der Waals surface area contributed by atoms with E-state index in [4.69, 9.17) is 0 Å². The van der Waals surface area contributed by atoms with Crippen LogP contribution in [0.4, 0.5) is 0 Å². The average Bonchev–Trinajstić information content (AvgIpc) is 2.84. The lowest BCUT2D eigenvalue weighted by Crippen LogP contribution is -2.31. The summed E-state index contributed by atoms with van der Waals surface area (Å²) < 4.78 is 1.55. The minimum atomic E-state index is -1.20. The molecule has 2 aromatic rings. The van der Waals surface area contributed by atoms with Crippen molar-refractivity contribution in [1.82, 2.24) is 9.78 Å². The van der Waals surface area contributed by atoms with Crippen LogP contribution in [0.3, 0.4) is 0 Å². The van der Waals surface area contributed by atoms with Crippen LogP contribution in [0.1, 0.15) is 23.0 Å². The van der Waals surface area contributed by atoms with Crippen LogP contribution in [0.25, 0.3) is 0 Å². The zero-order chi connectivity index (χ0) is 13.2. The number of aromatic nitrogens is 2. The van der Waals surface area contributed by atoms with Crippen LogP contribution in [0.5, 0.6) is 0 Å². The molecule has 1 aromatic carbocycles. The van der Waals surface area contributed by atoms with E-state index < -0.39 is 5.41 Å². The highest BCUT2D eigenvalue weighted by Gasteiger charge is 2.37. The summed E-state index contributed by atoms with van der Waals surface area (Å²) in [6.45, 7) is 1.62. The molecule has 0 fully saturated rings. The van der Waals surface area contributed by atoms with Crippen LogP contribution in [0.15, 0.2) is 42.6 Å². The van der Waals surface area contributed by atoms with Gasteiger partial charge in [-0.25, -0.2) is 0 Å². The summed E-state index contributed by atoms with van der Waals surface area (Å²) >= 11 is 0. The van der Waals surface area contributed by atoms with E-state index in [9.17, 15) is 10.1 Å². The van der Waals surface area contributed by atoms with E-state index in [-0.39, 0.29) is 5.78 Å². The third kappa shape index (κ3) is 1.91. The lowest BCUT2D eigenvalue weighted by atomic mass is 9.79. The highest BCUT2D eigenvalue weighted by molar-refractivity contribution is 6.04. The number of ketones is 1. The van der Waals surface area contributed by atoms with Gasteiger partial charge in [-0.05, 0) is 18.6 Å². The first-order valence-electron chi connectivity index (χ1n) is 5.59. The molecule has 2 rings (SSSR count). The van der Waals surface area contributed by atoms with E-state index in [1.165, 1.54) is 0 Å². The molecule has 1 aromatic heterocycles. The number of carbonyl (C=O) groups is 1. The number of carbonyl (C=O) groups excluding carboxylic acids is 1. The summed E-state index contributed by atoms with van der Waals surface area (Å²) in [5, 5.41) is 13.4. The van der Waals surface area contributed by atoms with Crippen molar-refractivity contribution in [3.8, 4) is 6.07 Å². The van der Waals surface area contributed by atoms with Gasteiger partial charge < -0.3 is 0 Å². The Morgan fingerprint density at radius 1 is 1.33 bits per heavy atom. The molecular formula is C14H13N3O. The number of rotatable bonds is 3. The SMILES string of the molecule is Cn1ccc(C(=O)C(C)(C#N)c2ccccc2)n1. The minimum absolute atomic E-state index is 0.281. The lowest BCUT2D eigenvalue weighted by Gasteiger charge is -2.19. The topological polar surface area (TPSA) is 58.7 Å². The maximum absolute atomic E-state index is 12.4. The second-order valence-corrected chi connectivity index (χ2v) is 4.31. The van der Waals surface area contributed by atoms with Crippen LogP contribution < -0.4 is 0 Å². The Kier molecular flexibility index (Phi) is 2.99. The van der Waals surface area contributed by atoms with Gasteiger partial charge in [0.15, 0.2) is 0 Å². The van der Waals surface area contributed by atoms with Gasteiger partial charge in [0.2, 0.25) is 5.78 Å². The van der Waals surface area contributed by atoms with Crippen LogP contribution in [0.2, 0.25) is 0 Å². The zero-order valence-corrected chi connectivity index (χ0v) is 10.3. The quantitative estimate of drug-likeness (QED) is 0.770. The fraction of sp³-hybridized carbons (Fsp3) is 0.214. The van der Waals surface area contributed by atoms with E-state index in [1.807, 2.05) is 18.2 Å². The molecule has 0 radical (unpaired) electrons. The van der Waals surface area contributed by atoms with Crippen molar-refractivity contribution in [2.75, 3.05) is 0 Å². The molecule has 18 heavy (non-hydrogen) atoms. The number of benzene rings is 1. The molecule has 0 saturated carbocycles. The summed E-state index contributed by atoms with van der Waals surface area (Å²) in [6, 6.07) is 12.8. The molecule has 0 aliphatic carbocycles. The van der Waals surface area contributed by atoms with Crippen molar-refractivity contribution in [2.45, 2.75) is 12.3 Å². The van der Waals surface area contributed by atoms with Crippen LogP contribution in [-0.4, -0.2) is 15.6 Å². The second-order valence-electron chi connectivity index (χ2n) is 4.31. The zero-order valence-electron chi connectivity index (χ0n) is 10.3.